The van der Waals surface area contributed by atoms with Gasteiger partial charge in [-0.3, -0.25) is 0 Å². The first-order valence-corrected chi connectivity index (χ1v) is 3.30. The number of hydrogen-bond donors (Lipinski definition) is 2. The Kier molecular flexibility index (Phi) is 2.33. The first kappa shape index (κ1) is 7.88. The summed E-state index contributed by atoms with van der Waals surface area (Å²) in [6.07, 6.45) is 0. The summed E-state index contributed by atoms with van der Waals surface area (Å²) in [5.74, 6) is -0.184. The Morgan fingerprint density at radius 1 is 1.27 bits per heavy atom. The van der Waals surface area contributed by atoms with Gasteiger partial charge in [0.05, 0.1) is 0 Å². The zero-order chi connectivity index (χ0) is 8.27. The van der Waals surface area contributed by atoms with Gasteiger partial charge in [-0.2, -0.15) is 0 Å². The van der Waals surface area contributed by atoms with Gasteiger partial charge in [-0.1, -0.05) is 6.07 Å². The van der Waals surface area contributed by atoms with Gasteiger partial charge in [0.2, 0.25) is 0 Å². The van der Waals surface area contributed by atoms with E-state index in [4.69, 9.17) is 10.2 Å². The lowest BCUT2D eigenvalue weighted by Crippen LogP contribution is -1.95. The van der Waals surface area contributed by atoms with Crippen LogP contribution >= 0.6 is 0 Å². The third-order valence-electron chi connectivity index (χ3n) is 1.38. The molecule has 1 radical (unpaired) electrons. The smallest absolute Gasteiger partial charge is 0.157 e. The van der Waals surface area contributed by atoms with E-state index in [-0.39, 0.29) is 11.5 Å². The molecule has 1 rings (SSSR count). The Labute approximate surface area is 65.3 Å². The van der Waals surface area contributed by atoms with E-state index >= 15 is 0 Å². The number of nitrogens with zero attached hydrogens (tertiary/aromatic N) is 1. The minimum atomic E-state index is -0.0927. The van der Waals surface area contributed by atoms with Crippen LogP contribution < -0.4 is 5.32 Å². The molecule has 0 fully saturated rings. The average Bonchev–Trinajstić information content (AvgIpc) is 1.98. The van der Waals surface area contributed by atoms with E-state index < -0.39 is 0 Å². The largest absolute Gasteiger partial charge is 0.504 e. The van der Waals surface area contributed by atoms with Crippen molar-refractivity contribution in [1.29, 1.82) is 0 Å². The van der Waals surface area contributed by atoms with Crippen molar-refractivity contribution in [1.82, 2.24) is 5.32 Å². The predicted octanol–water partition coefficient (Wildman–Crippen LogP) is 0.832. The summed E-state index contributed by atoms with van der Waals surface area (Å²) < 4.78 is 0. The maximum Gasteiger partial charge on any atom is 0.157 e. The van der Waals surface area contributed by atoms with Crippen LogP contribution in [0.5, 0.6) is 11.5 Å². The molecule has 0 heterocycles. The Balaban J connectivity index is 2.86. The molecule has 0 saturated carbocycles. The summed E-state index contributed by atoms with van der Waals surface area (Å²) in [6, 6.07) is 4.68. The van der Waals surface area contributed by atoms with Crippen LogP contribution in [-0.2, 0) is 6.54 Å². The number of rotatable bonds is 2. The van der Waals surface area contributed by atoms with E-state index in [9.17, 15) is 0 Å². The lowest BCUT2D eigenvalue weighted by molar-refractivity contribution is 0.403. The fraction of sp³-hybridized carbons (Fsp3) is 0.250. The Morgan fingerprint density at radius 3 is 2.55 bits per heavy atom. The van der Waals surface area contributed by atoms with E-state index in [1.54, 1.807) is 13.1 Å². The lowest BCUT2D eigenvalue weighted by atomic mass is 10.2. The molecular weight excluding hydrogens is 142 g/mol. The monoisotopic (exact) mass is 152 g/mol. The van der Waals surface area contributed by atoms with Gasteiger partial charge < -0.3 is 10.2 Å². The number of benzene rings is 1. The quantitative estimate of drug-likeness (QED) is 0.617. The summed E-state index contributed by atoms with van der Waals surface area (Å²) in [5.41, 5.74) is 0.891. The molecule has 0 aromatic heterocycles. The molecule has 0 bridgehead atoms. The van der Waals surface area contributed by atoms with Crippen molar-refractivity contribution in [2.24, 2.45) is 0 Å². The van der Waals surface area contributed by atoms with Gasteiger partial charge in [-0.05, 0) is 17.7 Å². The van der Waals surface area contributed by atoms with Gasteiger partial charge in [0, 0.05) is 13.6 Å². The predicted molar refractivity (Wildman–Crippen MR) is 41.5 cm³/mol. The molecule has 0 atom stereocenters. The fourth-order valence-corrected chi connectivity index (χ4v) is 0.850. The summed E-state index contributed by atoms with van der Waals surface area (Å²) >= 11 is 0. The molecule has 0 spiro atoms. The Bertz CT molecular complexity index is 248. The molecule has 0 saturated heterocycles. The van der Waals surface area contributed by atoms with E-state index in [2.05, 4.69) is 5.32 Å². The fourth-order valence-electron chi connectivity index (χ4n) is 0.850. The Morgan fingerprint density at radius 2 is 2.00 bits per heavy atom. The highest BCUT2D eigenvalue weighted by atomic mass is 16.3. The van der Waals surface area contributed by atoms with Gasteiger partial charge in [-0.15, -0.1) is 0 Å². The van der Waals surface area contributed by atoms with Crippen LogP contribution in [0.1, 0.15) is 5.56 Å². The zero-order valence-corrected chi connectivity index (χ0v) is 6.28. The molecular formula is C8H10NO2. The average molecular weight is 152 g/mol. The van der Waals surface area contributed by atoms with E-state index in [0.29, 0.717) is 6.54 Å². The second kappa shape index (κ2) is 3.25. The molecule has 1 aromatic carbocycles. The highest BCUT2D eigenvalue weighted by molar-refractivity contribution is 5.40. The van der Waals surface area contributed by atoms with Crippen molar-refractivity contribution in [3.8, 4) is 11.5 Å². The van der Waals surface area contributed by atoms with Gasteiger partial charge >= 0.3 is 0 Å². The van der Waals surface area contributed by atoms with Gasteiger partial charge in [0.1, 0.15) is 0 Å². The summed E-state index contributed by atoms with van der Waals surface area (Å²) in [6.45, 7) is 0.563. The van der Waals surface area contributed by atoms with Crippen molar-refractivity contribution in [2.45, 2.75) is 6.54 Å². The minimum absolute atomic E-state index is 0.0915. The molecule has 11 heavy (non-hydrogen) atoms. The van der Waals surface area contributed by atoms with Crippen LogP contribution in [0.2, 0.25) is 0 Å². The van der Waals surface area contributed by atoms with Crippen molar-refractivity contribution in [2.75, 3.05) is 7.05 Å². The van der Waals surface area contributed by atoms with Crippen LogP contribution in [0.4, 0.5) is 0 Å². The third kappa shape index (κ3) is 1.85. The summed E-state index contributed by atoms with van der Waals surface area (Å²) in [4.78, 5) is 0. The molecule has 3 heteroatoms. The Hall–Kier alpha value is -1.22. The second-order valence-corrected chi connectivity index (χ2v) is 2.30. The van der Waals surface area contributed by atoms with Crippen molar-refractivity contribution >= 4 is 0 Å². The molecule has 0 aliphatic heterocycles. The molecule has 1 aromatic rings. The van der Waals surface area contributed by atoms with E-state index in [1.807, 2.05) is 0 Å². The molecule has 3 nitrogen and oxygen atoms in total. The lowest BCUT2D eigenvalue weighted by Gasteiger charge is -2.00. The molecule has 0 amide bonds. The molecule has 0 aliphatic rings. The summed E-state index contributed by atoms with van der Waals surface area (Å²) in [5, 5.41) is 21.9. The molecule has 2 N–H and O–H groups in total. The van der Waals surface area contributed by atoms with Crippen molar-refractivity contribution < 1.29 is 10.2 Å². The van der Waals surface area contributed by atoms with Gasteiger partial charge in [0.25, 0.3) is 0 Å². The van der Waals surface area contributed by atoms with Crippen LogP contribution in [0.3, 0.4) is 0 Å². The number of phenols is 2. The minimum Gasteiger partial charge on any atom is -0.504 e. The van der Waals surface area contributed by atoms with Crippen LogP contribution in [-0.4, -0.2) is 17.3 Å². The van der Waals surface area contributed by atoms with Gasteiger partial charge in [0.15, 0.2) is 11.5 Å². The first-order chi connectivity index (χ1) is 5.24. The summed E-state index contributed by atoms with van der Waals surface area (Å²) in [7, 11) is 1.70. The van der Waals surface area contributed by atoms with Crippen molar-refractivity contribution in [3.05, 3.63) is 23.8 Å². The topological polar surface area (TPSA) is 54.6 Å². The SMILES string of the molecule is C[N]Cc1ccc(O)c(O)c1. The van der Waals surface area contributed by atoms with Crippen LogP contribution in [0.15, 0.2) is 18.2 Å². The molecule has 0 unspecified atom stereocenters. The highest BCUT2D eigenvalue weighted by Crippen LogP contribution is 2.24. The van der Waals surface area contributed by atoms with Gasteiger partial charge in [-0.25, -0.2) is 5.32 Å². The van der Waals surface area contributed by atoms with Crippen LogP contribution in [0, 0.1) is 0 Å². The number of hydrogen-bond acceptors (Lipinski definition) is 2. The second-order valence-electron chi connectivity index (χ2n) is 2.30. The third-order valence-corrected chi connectivity index (χ3v) is 1.38. The van der Waals surface area contributed by atoms with Crippen molar-refractivity contribution in [3.63, 3.8) is 0 Å². The standard InChI is InChI=1S/C8H10NO2/c1-9-5-6-2-3-7(10)8(11)4-6/h2-4,10-11H,5H2,1H3. The number of aromatic hydroxyl groups is 2. The van der Waals surface area contributed by atoms with E-state index in [1.165, 1.54) is 12.1 Å². The normalized spacial score (nSPS) is 9.91. The maximum absolute atomic E-state index is 9.04. The molecule has 59 valence electrons. The maximum atomic E-state index is 9.04. The zero-order valence-electron chi connectivity index (χ0n) is 6.28. The van der Waals surface area contributed by atoms with Crippen LogP contribution in [0.25, 0.3) is 0 Å². The first-order valence-electron chi connectivity index (χ1n) is 3.30. The van der Waals surface area contributed by atoms with E-state index in [0.717, 1.165) is 5.56 Å². The number of phenolic OH excluding ortho intramolecular Hbond substituents is 2. The molecule has 0 aliphatic carbocycles. The highest BCUT2D eigenvalue weighted by Gasteiger charge is 1.98.